The summed E-state index contributed by atoms with van der Waals surface area (Å²) in [5, 5.41) is 0. The van der Waals surface area contributed by atoms with Gasteiger partial charge in [-0.05, 0) is 24.1 Å². The molecule has 0 unspecified atom stereocenters. The van der Waals surface area contributed by atoms with E-state index in [1.54, 1.807) is 38.1 Å². The average Bonchev–Trinajstić information content (AvgIpc) is 2.39. The van der Waals surface area contributed by atoms with Crippen LogP contribution >= 0.6 is 0 Å². The lowest BCUT2D eigenvalue weighted by molar-refractivity contribution is -0.145. The van der Waals surface area contributed by atoms with Crippen LogP contribution in [0.15, 0.2) is 24.3 Å². The minimum atomic E-state index is -0.811. The number of hydrogen-bond donors (Lipinski definition) is 2. The molecule has 1 aromatic rings. The van der Waals surface area contributed by atoms with E-state index >= 15 is 0 Å². The van der Waals surface area contributed by atoms with Crippen molar-refractivity contribution in [3.05, 3.63) is 29.8 Å². The summed E-state index contributed by atoms with van der Waals surface area (Å²) in [5.41, 5.74) is 6.40. The van der Waals surface area contributed by atoms with Crippen LogP contribution in [0.5, 0.6) is 5.75 Å². The van der Waals surface area contributed by atoms with Gasteiger partial charge < -0.3 is 15.3 Å². The second-order valence-corrected chi connectivity index (χ2v) is 4.47. The van der Waals surface area contributed by atoms with Crippen LogP contribution < -0.4 is 16.4 Å². The van der Waals surface area contributed by atoms with E-state index in [1.165, 1.54) is 0 Å². The predicted molar refractivity (Wildman–Crippen MR) is 68.9 cm³/mol. The van der Waals surface area contributed by atoms with Gasteiger partial charge in [-0.2, -0.15) is 5.90 Å². The molecule has 0 fully saturated rings. The van der Waals surface area contributed by atoms with Crippen LogP contribution in [-0.2, 0) is 20.8 Å². The molecule has 0 spiro atoms. The Morgan fingerprint density at radius 3 is 2.21 bits per heavy atom. The molecule has 0 amide bonds. The number of ether oxygens (including phenoxy) is 1. The minimum absolute atomic E-state index is 0.188. The van der Waals surface area contributed by atoms with Crippen molar-refractivity contribution >= 4 is 11.9 Å². The Bertz CT molecular complexity index is 442. The molecule has 0 aliphatic carbocycles. The lowest BCUT2D eigenvalue weighted by atomic mass is 10.1. The summed E-state index contributed by atoms with van der Waals surface area (Å²) in [6, 6.07) is 5.94. The van der Waals surface area contributed by atoms with E-state index in [0.29, 0.717) is 12.2 Å². The molecule has 0 saturated carbocycles. The van der Waals surface area contributed by atoms with Gasteiger partial charge in [0, 0.05) is 0 Å². The smallest absolute Gasteiger partial charge is 0.341 e. The van der Waals surface area contributed by atoms with Gasteiger partial charge in [0.05, 0.1) is 5.92 Å². The Hall–Kier alpha value is -1.92. The van der Waals surface area contributed by atoms with Crippen LogP contribution in [0.1, 0.15) is 19.4 Å². The highest BCUT2D eigenvalue weighted by Crippen LogP contribution is 2.14. The molecule has 1 atom stereocenters. The largest absolute Gasteiger partial charge is 0.426 e. The topological polar surface area (TPSA) is 105 Å². The number of hydrogen-bond acceptors (Lipinski definition) is 6. The molecule has 6 heteroatoms. The van der Waals surface area contributed by atoms with Crippen molar-refractivity contribution in [3.63, 3.8) is 0 Å². The van der Waals surface area contributed by atoms with Crippen molar-refractivity contribution in [2.45, 2.75) is 26.3 Å². The normalized spacial score (nSPS) is 12.1. The van der Waals surface area contributed by atoms with E-state index in [1.807, 2.05) is 0 Å². The highest BCUT2D eigenvalue weighted by atomic mass is 16.7. The molecular formula is C13H18N2O4. The molecule has 1 aromatic carbocycles. The zero-order chi connectivity index (χ0) is 14.4. The third-order valence-electron chi connectivity index (χ3n) is 2.49. The third-order valence-corrected chi connectivity index (χ3v) is 2.49. The quantitative estimate of drug-likeness (QED) is 0.457. The summed E-state index contributed by atoms with van der Waals surface area (Å²) >= 11 is 0. The summed E-state index contributed by atoms with van der Waals surface area (Å²) in [6.07, 6.45) is 0.300. The lowest BCUT2D eigenvalue weighted by Crippen LogP contribution is -2.35. The van der Waals surface area contributed by atoms with E-state index in [4.69, 9.17) is 16.4 Å². The van der Waals surface area contributed by atoms with Crippen LogP contribution in [0, 0.1) is 5.92 Å². The molecule has 4 N–H and O–H groups in total. The van der Waals surface area contributed by atoms with Crippen LogP contribution in [0.25, 0.3) is 0 Å². The molecule has 0 aromatic heterocycles. The Balaban J connectivity index is 2.61. The second-order valence-electron chi connectivity index (χ2n) is 4.47. The number of nitrogens with two attached hydrogens (primary N) is 2. The maximum atomic E-state index is 11.4. The van der Waals surface area contributed by atoms with Gasteiger partial charge in [-0.1, -0.05) is 26.0 Å². The minimum Gasteiger partial charge on any atom is -0.426 e. The van der Waals surface area contributed by atoms with E-state index in [2.05, 4.69) is 4.84 Å². The van der Waals surface area contributed by atoms with E-state index in [-0.39, 0.29) is 11.9 Å². The first kappa shape index (κ1) is 15.1. The predicted octanol–water partition coefficient (Wildman–Crippen LogP) is 0.535. The first-order valence-corrected chi connectivity index (χ1v) is 5.90. The SMILES string of the molecule is CC(C)C(=O)Oc1ccc(C[C@H](N)C(=O)ON)cc1. The standard InChI is InChI=1S/C13H18N2O4/c1-8(2)12(16)18-10-5-3-9(4-6-10)7-11(14)13(17)19-15/h3-6,8,11H,7,14-15H2,1-2H3/t11-/m0/s1. The third kappa shape index (κ3) is 4.69. The van der Waals surface area contributed by atoms with Crippen molar-refractivity contribution in [3.8, 4) is 5.75 Å². The average molecular weight is 266 g/mol. The van der Waals surface area contributed by atoms with Crippen LogP contribution in [0.4, 0.5) is 0 Å². The van der Waals surface area contributed by atoms with E-state index in [9.17, 15) is 9.59 Å². The molecular weight excluding hydrogens is 248 g/mol. The molecule has 0 radical (unpaired) electrons. The van der Waals surface area contributed by atoms with Crippen LogP contribution in [0.2, 0.25) is 0 Å². The Labute approximate surface area is 111 Å². The molecule has 0 aliphatic rings. The summed E-state index contributed by atoms with van der Waals surface area (Å²) in [4.78, 5) is 26.5. The lowest BCUT2D eigenvalue weighted by Gasteiger charge is -2.10. The number of esters is 1. The Morgan fingerprint density at radius 1 is 1.16 bits per heavy atom. The van der Waals surface area contributed by atoms with Gasteiger partial charge in [0.25, 0.3) is 0 Å². The maximum absolute atomic E-state index is 11.4. The molecule has 1 rings (SSSR count). The van der Waals surface area contributed by atoms with Gasteiger partial charge in [-0.25, -0.2) is 4.79 Å². The summed E-state index contributed by atoms with van der Waals surface area (Å²) < 4.78 is 5.12. The molecule has 0 heterocycles. The summed E-state index contributed by atoms with van der Waals surface area (Å²) in [7, 11) is 0. The molecule has 6 nitrogen and oxygen atoms in total. The number of benzene rings is 1. The van der Waals surface area contributed by atoms with Crippen molar-refractivity contribution < 1.29 is 19.2 Å². The number of carbonyl (C=O) groups is 2. The van der Waals surface area contributed by atoms with E-state index in [0.717, 1.165) is 5.56 Å². The van der Waals surface area contributed by atoms with Crippen molar-refractivity contribution in [2.24, 2.45) is 17.5 Å². The molecule has 0 aliphatic heterocycles. The fourth-order valence-electron chi connectivity index (χ4n) is 1.35. The van der Waals surface area contributed by atoms with Crippen molar-refractivity contribution in [1.29, 1.82) is 0 Å². The number of rotatable bonds is 5. The van der Waals surface area contributed by atoms with Gasteiger partial charge in [-0.3, -0.25) is 4.79 Å². The van der Waals surface area contributed by atoms with Gasteiger partial charge >= 0.3 is 11.9 Å². The second kappa shape index (κ2) is 6.86. The molecule has 0 saturated heterocycles. The highest BCUT2D eigenvalue weighted by molar-refractivity contribution is 5.75. The summed E-state index contributed by atoms with van der Waals surface area (Å²) in [6.45, 7) is 3.52. The molecule has 0 bridgehead atoms. The zero-order valence-corrected chi connectivity index (χ0v) is 11.0. The number of carbonyl (C=O) groups excluding carboxylic acids is 2. The van der Waals surface area contributed by atoms with Crippen molar-refractivity contribution in [2.75, 3.05) is 0 Å². The first-order chi connectivity index (χ1) is 8.93. The Morgan fingerprint density at radius 2 is 1.74 bits per heavy atom. The van der Waals surface area contributed by atoms with Gasteiger partial charge in [-0.15, -0.1) is 0 Å². The summed E-state index contributed by atoms with van der Waals surface area (Å²) in [5.74, 6) is 4.05. The molecule has 104 valence electrons. The van der Waals surface area contributed by atoms with E-state index < -0.39 is 12.0 Å². The maximum Gasteiger partial charge on any atom is 0.341 e. The Kier molecular flexibility index (Phi) is 5.47. The van der Waals surface area contributed by atoms with Crippen LogP contribution in [-0.4, -0.2) is 18.0 Å². The fourth-order valence-corrected chi connectivity index (χ4v) is 1.35. The van der Waals surface area contributed by atoms with Crippen molar-refractivity contribution in [1.82, 2.24) is 0 Å². The first-order valence-electron chi connectivity index (χ1n) is 5.90. The zero-order valence-electron chi connectivity index (χ0n) is 11.0. The van der Waals surface area contributed by atoms with Crippen LogP contribution in [0.3, 0.4) is 0 Å². The van der Waals surface area contributed by atoms with Gasteiger partial charge in [0.1, 0.15) is 11.8 Å². The van der Waals surface area contributed by atoms with Gasteiger partial charge in [0.2, 0.25) is 0 Å². The molecule has 19 heavy (non-hydrogen) atoms. The fraction of sp³-hybridized carbons (Fsp3) is 0.385. The van der Waals surface area contributed by atoms with Gasteiger partial charge in [0.15, 0.2) is 0 Å². The monoisotopic (exact) mass is 266 g/mol. The highest BCUT2D eigenvalue weighted by Gasteiger charge is 2.15.